The Morgan fingerprint density at radius 2 is 2.16 bits per heavy atom. The number of aromatic nitrogens is 3. The third-order valence-electron chi connectivity index (χ3n) is 3.80. The molecule has 0 bridgehead atoms. The molecule has 0 aliphatic rings. The molecule has 136 valence electrons. The molecule has 0 spiro atoms. The Balaban J connectivity index is 1.82. The third-order valence-corrected chi connectivity index (χ3v) is 3.80. The minimum Gasteiger partial charge on any atom is -0.493 e. The van der Waals surface area contributed by atoms with Gasteiger partial charge in [-0.3, -0.25) is 9.67 Å². The molecule has 0 fully saturated rings. The number of guanidine groups is 1. The SMILES string of the molecule is CCNC(=NCCCOc1ccccc1C)N(C)Cc1ncnn1C. The summed E-state index contributed by atoms with van der Waals surface area (Å²) in [6.45, 7) is 6.95. The highest BCUT2D eigenvalue weighted by Crippen LogP contribution is 2.16. The van der Waals surface area contributed by atoms with Gasteiger partial charge in [0.15, 0.2) is 5.96 Å². The smallest absolute Gasteiger partial charge is 0.194 e. The molecule has 0 amide bonds. The summed E-state index contributed by atoms with van der Waals surface area (Å²) < 4.78 is 7.59. The second-order valence-electron chi connectivity index (χ2n) is 5.86. The fourth-order valence-corrected chi connectivity index (χ4v) is 2.37. The Morgan fingerprint density at radius 3 is 2.84 bits per heavy atom. The van der Waals surface area contributed by atoms with E-state index < -0.39 is 0 Å². The zero-order valence-corrected chi connectivity index (χ0v) is 15.6. The first-order valence-corrected chi connectivity index (χ1v) is 8.62. The maximum Gasteiger partial charge on any atom is 0.194 e. The molecule has 7 nitrogen and oxygen atoms in total. The normalized spacial score (nSPS) is 11.4. The van der Waals surface area contributed by atoms with Crippen LogP contribution in [0.3, 0.4) is 0 Å². The minimum absolute atomic E-state index is 0.654. The second-order valence-corrected chi connectivity index (χ2v) is 5.86. The molecule has 1 aromatic heterocycles. The van der Waals surface area contributed by atoms with Gasteiger partial charge in [-0.05, 0) is 25.5 Å². The summed E-state index contributed by atoms with van der Waals surface area (Å²) in [6.07, 6.45) is 2.43. The van der Waals surface area contributed by atoms with Crippen LogP contribution in [0.5, 0.6) is 5.75 Å². The molecular formula is C18H28N6O. The number of ether oxygens (including phenoxy) is 1. The van der Waals surface area contributed by atoms with Gasteiger partial charge < -0.3 is 15.0 Å². The number of para-hydroxylation sites is 1. The van der Waals surface area contributed by atoms with Crippen molar-refractivity contribution in [3.05, 3.63) is 42.0 Å². The number of rotatable bonds is 8. The minimum atomic E-state index is 0.654. The van der Waals surface area contributed by atoms with Gasteiger partial charge >= 0.3 is 0 Å². The molecule has 0 saturated carbocycles. The van der Waals surface area contributed by atoms with E-state index in [9.17, 15) is 0 Å². The summed E-state index contributed by atoms with van der Waals surface area (Å²) in [5.41, 5.74) is 1.16. The van der Waals surface area contributed by atoms with Gasteiger partial charge in [0.25, 0.3) is 0 Å². The van der Waals surface area contributed by atoms with Crippen LogP contribution in [0.25, 0.3) is 0 Å². The van der Waals surface area contributed by atoms with Crippen LogP contribution < -0.4 is 10.1 Å². The van der Waals surface area contributed by atoms with Crippen molar-refractivity contribution >= 4 is 5.96 Å². The molecule has 0 saturated heterocycles. The number of hydrogen-bond donors (Lipinski definition) is 1. The predicted octanol–water partition coefficient (Wildman–Crippen LogP) is 1.99. The highest BCUT2D eigenvalue weighted by Gasteiger charge is 2.09. The Kier molecular flexibility index (Phi) is 7.25. The van der Waals surface area contributed by atoms with Crippen LogP contribution in [0.1, 0.15) is 24.7 Å². The average molecular weight is 344 g/mol. The van der Waals surface area contributed by atoms with E-state index >= 15 is 0 Å². The molecule has 0 aliphatic heterocycles. The van der Waals surface area contributed by atoms with Crippen LogP contribution in [0.15, 0.2) is 35.6 Å². The molecule has 1 heterocycles. The molecule has 0 radical (unpaired) electrons. The first-order chi connectivity index (χ1) is 12.1. The second kappa shape index (κ2) is 9.66. The largest absolute Gasteiger partial charge is 0.493 e. The van der Waals surface area contributed by atoms with Gasteiger partial charge in [0.2, 0.25) is 0 Å². The summed E-state index contributed by atoms with van der Waals surface area (Å²) in [6, 6.07) is 8.06. The molecule has 2 rings (SSSR count). The number of aliphatic imine (C=N–C) groups is 1. The summed E-state index contributed by atoms with van der Waals surface area (Å²) >= 11 is 0. The molecule has 25 heavy (non-hydrogen) atoms. The van der Waals surface area contributed by atoms with Crippen molar-refractivity contribution in [3.8, 4) is 5.75 Å². The van der Waals surface area contributed by atoms with Crippen molar-refractivity contribution < 1.29 is 4.74 Å². The van der Waals surface area contributed by atoms with Crippen molar-refractivity contribution in [1.82, 2.24) is 25.0 Å². The zero-order chi connectivity index (χ0) is 18.1. The summed E-state index contributed by atoms with van der Waals surface area (Å²) in [7, 11) is 3.89. The Morgan fingerprint density at radius 1 is 1.36 bits per heavy atom. The molecule has 7 heteroatoms. The van der Waals surface area contributed by atoms with Gasteiger partial charge in [-0.2, -0.15) is 5.10 Å². The third kappa shape index (κ3) is 5.77. The average Bonchev–Trinajstić information content (AvgIpc) is 3.00. The number of hydrogen-bond acceptors (Lipinski definition) is 4. The van der Waals surface area contributed by atoms with E-state index in [2.05, 4.69) is 45.2 Å². The summed E-state index contributed by atoms with van der Waals surface area (Å²) in [5, 5.41) is 7.41. The van der Waals surface area contributed by atoms with Crippen molar-refractivity contribution in [2.45, 2.75) is 26.8 Å². The van der Waals surface area contributed by atoms with E-state index in [0.717, 1.165) is 36.1 Å². The van der Waals surface area contributed by atoms with E-state index in [-0.39, 0.29) is 0 Å². The fourth-order valence-electron chi connectivity index (χ4n) is 2.37. The highest BCUT2D eigenvalue weighted by atomic mass is 16.5. The van der Waals surface area contributed by atoms with Crippen LogP contribution in [-0.2, 0) is 13.6 Å². The number of nitrogens with zero attached hydrogens (tertiary/aromatic N) is 5. The molecule has 0 atom stereocenters. The lowest BCUT2D eigenvalue weighted by Gasteiger charge is -2.21. The quantitative estimate of drug-likeness (QED) is 0.451. The number of benzene rings is 1. The molecule has 1 N–H and O–H groups in total. The Bertz CT molecular complexity index is 682. The Labute approximate surface area is 149 Å². The highest BCUT2D eigenvalue weighted by molar-refractivity contribution is 5.79. The van der Waals surface area contributed by atoms with Gasteiger partial charge in [-0.15, -0.1) is 0 Å². The first-order valence-electron chi connectivity index (χ1n) is 8.62. The van der Waals surface area contributed by atoms with E-state index in [0.29, 0.717) is 19.7 Å². The standard InChI is InChI=1S/C18H28N6O/c1-5-19-18(23(3)13-17-21-14-22-24(17)4)20-11-8-12-25-16-10-7-6-9-15(16)2/h6-7,9-10,14H,5,8,11-13H2,1-4H3,(H,19,20). The maximum absolute atomic E-state index is 5.82. The van der Waals surface area contributed by atoms with Crippen LogP contribution in [-0.4, -0.2) is 52.4 Å². The van der Waals surface area contributed by atoms with Crippen molar-refractivity contribution in [3.63, 3.8) is 0 Å². The number of aryl methyl sites for hydroxylation is 2. The Hall–Kier alpha value is -2.57. The van der Waals surface area contributed by atoms with E-state index in [1.807, 2.05) is 32.3 Å². The first kappa shape index (κ1) is 18.8. The molecule has 1 aromatic carbocycles. The topological polar surface area (TPSA) is 67.6 Å². The predicted molar refractivity (Wildman–Crippen MR) is 99.7 cm³/mol. The van der Waals surface area contributed by atoms with E-state index in [1.165, 1.54) is 0 Å². The van der Waals surface area contributed by atoms with E-state index in [4.69, 9.17) is 4.74 Å². The molecule has 0 unspecified atom stereocenters. The number of nitrogens with one attached hydrogen (secondary N) is 1. The molecular weight excluding hydrogens is 316 g/mol. The maximum atomic E-state index is 5.82. The van der Waals surface area contributed by atoms with Gasteiger partial charge in [0, 0.05) is 33.6 Å². The lowest BCUT2D eigenvalue weighted by molar-refractivity contribution is 0.311. The van der Waals surface area contributed by atoms with Crippen molar-refractivity contribution in [2.24, 2.45) is 12.0 Å². The lowest BCUT2D eigenvalue weighted by Crippen LogP contribution is -2.39. The van der Waals surface area contributed by atoms with Gasteiger partial charge in [-0.25, -0.2) is 4.98 Å². The zero-order valence-electron chi connectivity index (χ0n) is 15.6. The molecule has 0 aliphatic carbocycles. The van der Waals surface area contributed by atoms with Crippen LogP contribution >= 0.6 is 0 Å². The van der Waals surface area contributed by atoms with E-state index in [1.54, 1.807) is 11.0 Å². The summed E-state index contributed by atoms with van der Waals surface area (Å²) in [4.78, 5) is 11.0. The van der Waals surface area contributed by atoms with Crippen LogP contribution in [0, 0.1) is 6.92 Å². The van der Waals surface area contributed by atoms with Gasteiger partial charge in [0.1, 0.15) is 17.9 Å². The monoisotopic (exact) mass is 344 g/mol. The lowest BCUT2D eigenvalue weighted by atomic mass is 10.2. The van der Waals surface area contributed by atoms with Crippen LogP contribution in [0.4, 0.5) is 0 Å². The fraction of sp³-hybridized carbons (Fsp3) is 0.500. The van der Waals surface area contributed by atoms with Crippen molar-refractivity contribution in [1.29, 1.82) is 0 Å². The van der Waals surface area contributed by atoms with Crippen LogP contribution in [0.2, 0.25) is 0 Å². The summed E-state index contributed by atoms with van der Waals surface area (Å²) in [5.74, 6) is 2.70. The molecule has 2 aromatic rings. The van der Waals surface area contributed by atoms with Crippen molar-refractivity contribution in [2.75, 3.05) is 26.7 Å². The van der Waals surface area contributed by atoms with Gasteiger partial charge in [0.05, 0.1) is 13.2 Å². The van der Waals surface area contributed by atoms with Gasteiger partial charge in [-0.1, -0.05) is 18.2 Å².